The minimum absolute atomic E-state index is 0.0773. The Labute approximate surface area is 180 Å². The predicted molar refractivity (Wildman–Crippen MR) is 112 cm³/mol. The van der Waals surface area contributed by atoms with Gasteiger partial charge in [0.2, 0.25) is 0 Å². The molecule has 2 aliphatic rings. The lowest BCUT2D eigenvalue weighted by atomic mass is 10.00. The molecule has 1 N–H and O–H groups in total. The highest BCUT2D eigenvalue weighted by Crippen LogP contribution is 2.33. The number of hydrogen-bond acceptors (Lipinski definition) is 6. The van der Waals surface area contributed by atoms with Crippen molar-refractivity contribution in [2.45, 2.75) is 38.3 Å². The highest BCUT2D eigenvalue weighted by Gasteiger charge is 2.32. The molecule has 0 atom stereocenters. The van der Waals surface area contributed by atoms with Gasteiger partial charge in [-0.2, -0.15) is 10.1 Å². The van der Waals surface area contributed by atoms with Crippen molar-refractivity contribution in [1.82, 2.24) is 30.1 Å². The number of rotatable bonds is 5. The maximum Gasteiger partial charge on any atom is 0.318 e. The van der Waals surface area contributed by atoms with Crippen LogP contribution in [0.25, 0.3) is 11.6 Å². The molecule has 9 heteroatoms. The minimum Gasteiger partial charge on any atom is -0.381 e. The van der Waals surface area contributed by atoms with Crippen molar-refractivity contribution >= 4 is 6.03 Å². The highest BCUT2D eigenvalue weighted by molar-refractivity contribution is 5.75. The Balaban J connectivity index is 1.24. The summed E-state index contributed by atoms with van der Waals surface area (Å²) in [7, 11) is 1.88. The van der Waals surface area contributed by atoms with E-state index < -0.39 is 0 Å². The van der Waals surface area contributed by atoms with Crippen LogP contribution < -0.4 is 5.32 Å². The molecule has 2 amide bonds. The number of hydrogen-bond donors (Lipinski definition) is 1. The van der Waals surface area contributed by atoms with Gasteiger partial charge < -0.3 is 19.5 Å². The van der Waals surface area contributed by atoms with Gasteiger partial charge in [-0.15, -0.1) is 0 Å². The van der Waals surface area contributed by atoms with E-state index in [1.807, 2.05) is 25.2 Å². The number of urea groups is 1. The van der Waals surface area contributed by atoms with E-state index >= 15 is 0 Å². The van der Waals surface area contributed by atoms with Crippen LogP contribution in [0, 0.1) is 0 Å². The summed E-state index contributed by atoms with van der Waals surface area (Å²) in [5.41, 5.74) is 3.85. The molecular weight excluding hydrogens is 396 g/mol. The number of carbonyl (C=O) groups excluding carboxylic acids is 1. The molecule has 0 unspecified atom stereocenters. The summed E-state index contributed by atoms with van der Waals surface area (Å²) < 4.78 is 12.8. The van der Waals surface area contributed by atoms with Crippen LogP contribution in [-0.2, 0) is 31.3 Å². The lowest BCUT2D eigenvalue weighted by Crippen LogP contribution is -2.37. The van der Waals surface area contributed by atoms with E-state index in [0.717, 1.165) is 43.7 Å². The van der Waals surface area contributed by atoms with Crippen LogP contribution in [0.2, 0.25) is 0 Å². The fraction of sp³-hybridized carbons (Fsp3) is 0.455. The SMILES string of the molecule is Cn1nc(-c2nc(C3CCOCC3)no2)c2c1CN(C(=O)NCCc1ccccc1)C2. The van der Waals surface area contributed by atoms with E-state index in [-0.39, 0.29) is 11.9 Å². The lowest BCUT2D eigenvalue weighted by Gasteiger charge is -2.18. The van der Waals surface area contributed by atoms with Crippen molar-refractivity contribution in [3.63, 3.8) is 0 Å². The number of amides is 2. The number of nitrogens with zero attached hydrogens (tertiary/aromatic N) is 5. The second-order valence-electron chi connectivity index (χ2n) is 8.07. The molecule has 9 nitrogen and oxygen atoms in total. The summed E-state index contributed by atoms with van der Waals surface area (Å²) in [4.78, 5) is 19.1. The highest BCUT2D eigenvalue weighted by atomic mass is 16.5. The summed E-state index contributed by atoms with van der Waals surface area (Å²) in [6, 6.07) is 10.1. The first kappa shape index (κ1) is 19.7. The zero-order valence-corrected chi connectivity index (χ0v) is 17.6. The summed E-state index contributed by atoms with van der Waals surface area (Å²) in [5, 5.41) is 11.8. The van der Waals surface area contributed by atoms with Crippen molar-refractivity contribution in [3.05, 3.63) is 53.0 Å². The van der Waals surface area contributed by atoms with E-state index in [0.29, 0.717) is 37.0 Å². The lowest BCUT2D eigenvalue weighted by molar-refractivity contribution is 0.0830. The van der Waals surface area contributed by atoms with E-state index in [2.05, 4.69) is 32.7 Å². The largest absolute Gasteiger partial charge is 0.381 e. The number of fused-ring (bicyclic) bond motifs is 1. The Kier molecular flexibility index (Phi) is 5.42. The predicted octanol–water partition coefficient (Wildman–Crippen LogP) is 2.63. The average Bonchev–Trinajstić information content (AvgIpc) is 3.52. The van der Waals surface area contributed by atoms with Crippen molar-refractivity contribution in [2.24, 2.45) is 7.05 Å². The van der Waals surface area contributed by atoms with Gasteiger partial charge in [0.05, 0.1) is 18.8 Å². The molecule has 1 fully saturated rings. The van der Waals surface area contributed by atoms with Crippen molar-refractivity contribution in [1.29, 1.82) is 0 Å². The fourth-order valence-electron chi connectivity index (χ4n) is 4.23. The quantitative estimate of drug-likeness (QED) is 0.679. The Morgan fingerprint density at radius 3 is 2.81 bits per heavy atom. The number of nitrogens with one attached hydrogen (secondary N) is 1. The van der Waals surface area contributed by atoms with Crippen LogP contribution in [0.3, 0.4) is 0 Å². The van der Waals surface area contributed by atoms with Crippen LogP contribution in [0.15, 0.2) is 34.9 Å². The number of aryl methyl sites for hydroxylation is 1. The van der Waals surface area contributed by atoms with Gasteiger partial charge in [0.1, 0.15) is 0 Å². The first-order chi connectivity index (χ1) is 15.2. The average molecular weight is 422 g/mol. The van der Waals surface area contributed by atoms with Crippen LogP contribution in [0.5, 0.6) is 0 Å². The molecule has 31 heavy (non-hydrogen) atoms. The van der Waals surface area contributed by atoms with Gasteiger partial charge in [0.15, 0.2) is 11.5 Å². The summed E-state index contributed by atoms with van der Waals surface area (Å²) in [5.74, 6) is 1.39. The summed E-state index contributed by atoms with van der Waals surface area (Å²) in [6.07, 6.45) is 2.60. The molecule has 1 saturated heterocycles. The molecule has 0 spiro atoms. The number of benzene rings is 1. The third kappa shape index (κ3) is 4.05. The topological polar surface area (TPSA) is 98.3 Å². The molecule has 2 aromatic heterocycles. The monoisotopic (exact) mass is 422 g/mol. The standard InChI is InChI=1S/C22H26N6O3/c1-27-18-14-28(22(29)23-10-7-15-5-3-2-4-6-15)13-17(18)19(25-27)21-24-20(26-31-21)16-8-11-30-12-9-16/h2-6,16H,7-14H2,1H3,(H,23,29). The third-order valence-corrected chi connectivity index (χ3v) is 6.02. The first-order valence-electron chi connectivity index (χ1n) is 10.7. The zero-order chi connectivity index (χ0) is 21.2. The smallest absolute Gasteiger partial charge is 0.318 e. The maximum absolute atomic E-state index is 12.7. The van der Waals surface area contributed by atoms with E-state index in [4.69, 9.17) is 9.26 Å². The summed E-state index contributed by atoms with van der Waals surface area (Å²) in [6.45, 7) is 3.03. The molecule has 3 aromatic rings. The molecule has 162 valence electrons. The minimum atomic E-state index is -0.0773. The van der Waals surface area contributed by atoms with Crippen molar-refractivity contribution < 1.29 is 14.1 Å². The first-order valence-corrected chi connectivity index (χ1v) is 10.7. The Bertz CT molecular complexity index is 1050. The van der Waals surface area contributed by atoms with Crippen molar-refractivity contribution in [2.75, 3.05) is 19.8 Å². The normalized spacial score (nSPS) is 16.5. The molecule has 0 saturated carbocycles. The van der Waals surface area contributed by atoms with Gasteiger partial charge in [-0.1, -0.05) is 35.5 Å². The van der Waals surface area contributed by atoms with E-state index in [1.54, 1.807) is 9.58 Å². The molecule has 0 radical (unpaired) electrons. The Morgan fingerprint density at radius 1 is 1.19 bits per heavy atom. The van der Waals surface area contributed by atoms with Gasteiger partial charge >= 0.3 is 6.03 Å². The molecular formula is C22H26N6O3. The molecule has 0 aliphatic carbocycles. The second kappa shape index (κ2) is 8.50. The summed E-state index contributed by atoms with van der Waals surface area (Å²) >= 11 is 0. The molecule has 2 aliphatic heterocycles. The maximum atomic E-state index is 12.7. The van der Waals surface area contributed by atoms with Gasteiger partial charge in [0, 0.05) is 38.3 Å². The molecule has 4 heterocycles. The number of ether oxygens (including phenoxy) is 1. The second-order valence-corrected chi connectivity index (χ2v) is 8.07. The van der Waals surface area contributed by atoms with Gasteiger partial charge in [-0.3, -0.25) is 4.68 Å². The van der Waals surface area contributed by atoms with Crippen molar-refractivity contribution in [3.8, 4) is 11.6 Å². The van der Waals surface area contributed by atoms with Crippen LogP contribution in [-0.4, -0.2) is 50.6 Å². The van der Waals surface area contributed by atoms with Gasteiger partial charge in [-0.05, 0) is 24.8 Å². The number of aromatic nitrogens is 4. The third-order valence-electron chi connectivity index (χ3n) is 6.02. The zero-order valence-electron chi connectivity index (χ0n) is 17.6. The molecule has 5 rings (SSSR count). The van der Waals surface area contributed by atoms with E-state index in [1.165, 1.54) is 5.56 Å². The molecule has 0 bridgehead atoms. The van der Waals surface area contributed by atoms with Crippen LogP contribution >= 0.6 is 0 Å². The Hall–Kier alpha value is -3.20. The van der Waals surface area contributed by atoms with Crippen LogP contribution in [0.1, 0.15) is 41.4 Å². The molecule has 1 aromatic carbocycles. The van der Waals surface area contributed by atoms with Gasteiger partial charge in [-0.25, -0.2) is 4.79 Å². The Morgan fingerprint density at radius 2 is 2.00 bits per heavy atom. The van der Waals surface area contributed by atoms with Crippen LogP contribution in [0.4, 0.5) is 4.79 Å². The van der Waals surface area contributed by atoms with E-state index in [9.17, 15) is 4.79 Å². The number of carbonyl (C=O) groups is 1. The van der Waals surface area contributed by atoms with Gasteiger partial charge in [0.25, 0.3) is 5.89 Å². The fourth-order valence-corrected chi connectivity index (χ4v) is 4.23.